The number of benzene rings is 2. The summed E-state index contributed by atoms with van der Waals surface area (Å²) in [6, 6.07) is 11.5. The SMILES string of the molecule is CC(=O)Nc1cc(F)c(C)c(CC[C@@H](CO[Si](C)(C)C(C)(C)C)NOC(=O)c2ccccc2)c1. The normalized spacial score (nSPS) is 12.8. The van der Waals surface area contributed by atoms with E-state index >= 15 is 0 Å². The van der Waals surface area contributed by atoms with Gasteiger partial charge in [-0.25, -0.2) is 9.18 Å². The molecule has 0 aliphatic heterocycles. The van der Waals surface area contributed by atoms with E-state index in [2.05, 4.69) is 44.7 Å². The van der Waals surface area contributed by atoms with Crippen molar-refractivity contribution in [2.75, 3.05) is 11.9 Å². The highest BCUT2D eigenvalue weighted by atomic mass is 28.4. The summed E-state index contributed by atoms with van der Waals surface area (Å²) < 4.78 is 20.8. The molecule has 1 atom stereocenters. The summed E-state index contributed by atoms with van der Waals surface area (Å²) in [5.74, 6) is -1.11. The van der Waals surface area contributed by atoms with Crippen LogP contribution in [0.5, 0.6) is 0 Å². The van der Waals surface area contributed by atoms with E-state index in [1.807, 2.05) is 6.07 Å². The van der Waals surface area contributed by atoms with Crippen molar-refractivity contribution in [3.63, 3.8) is 0 Å². The van der Waals surface area contributed by atoms with Crippen LogP contribution in [0.2, 0.25) is 18.1 Å². The van der Waals surface area contributed by atoms with Crippen LogP contribution >= 0.6 is 0 Å². The van der Waals surface area contributed by atoms with E-state index in [-0.39, 0.29) is 22.8 Å². The van der Waals surface area contributed by atoms with Gasteiger partial charge in [0.1, 0.15) is 5.82 Å². The van der Waals surface area contributed by atoms with Crippen LogP contribution in [0.15, 0.2) is 42.5 Å². The number of hydrogen-bond acceptors (Lipinski definition) is 5. The maximum Gasteiger partial charge on any atom is 0.356 e. The van der Waals surface area contributed by atoms with Gasteiger partial charge in [-0.2, -0.15) is 0 Å². The number of rotatable bonds is 10. The van der Waals surface area contributed by atoms with Crippen LogP contribution in [0.25, 0.3) is 0 Å². The number of anilines is 1. The molecule has 34 heavy (non-hydrogen) atoms. The summed E-state index contributed by atoms with van der Waals surface area (Å²) in [7, 11) is -2.03. The predicted molar refractivity (Wildman–Crippen MR) is 136 cm³/mol. The van der Waals surface area contributed by atoms with Crippen molar-refractivity contribution in [1.82, 2.24) is 5.48 Å². The van der Waals surface area contributed by atoms with Crippen LogP contribution in [-0.2, 0) is 20.5 Å². The van der Waals surface area contributed by atoms with Gasteiger partial charge in [-0.15, -0.1) is 5.48 Å². The van der Waals surface area contributed by atoms with Gasteiger partial charge in [-0.3, -0.25) is 4.79 Å². The molecule has 0 spiro atoms. The first-order valence-corrected chi connectivity index (χ1v) is 14.4. The molecule has 2 rings (SSSR count). The zero-order valence-electron chi connectivity index (χ0n) is 21.3. The Balaban J connectivity index is 2.14. The Morgan fingerprint density at radius 3 is 2.35 bits per heavy atom. The van der Waals surface area contributed by atoms with Crippen LogP contribution in [0.1, 0.15) is 55.6 Å². The number of carbonyl (C=O) groups excluding carboxylic acids is 2. The molecule has 186 valence electrons. The van der Waals surface area contributed by atoms with Crippen molar-refractivity contribution in [1.29, 1.82) is 0 Å². The third-order valence-corrected chi connectivity index (χ3v) is 10.8. The molecule has 0 aliphatic rings. The van der Waals surface area contributed by atoms with Crippen molar-refractivity contribution in [2.24, 2.45) is 0 Å². The van der Waals surface area contributed by atoms with Crippen LogP contribution in [0.4, 0.5) is 10.1 Å². The summed E-state index contributed by atoms with van der Waals surface area (Å²) in [6.07, 6.45) is 1.05. The minimum atomic E-state index is -2.03. The van der Waals surface area contributed by atoms with E-state index in [9.17, 15) is 14.0 Å². The molecular formula is C26H37FN2O4Si. The molecule has 0 aromatic heterocycles. The van der Waals surface area contributed by atoms with Gasteiger partial charge >= 0.3 is 5.97 Å². The van der Waals surface area contributed by atoms with Crippen molar-refractivity contribution < 1.29 is 23.2 Å². The highest BCUT2D eigenvalue weighted by Gasteiger charge is 2.37. The van der Waals surface area contributed by atoms with E-state index in [1.165, 1.54) is 13.0 Å². The van der Waals surface area contributed by atoms with Crippen molar-refractivity contribution >= 4 is 25.9 Å². The van der Waals surface area contributed by atoms with E-state index < -0.39 is 14.3 Å². The number of amides is 1. The molecule has 0 radical (unpaired) electrons. The molecular weight excluding hydrogens is 451 g/mol. The maximum atomic E-state index is 14.4. The van der Waals surface area contributed by atoms with Crippen molar-refractivity contribution in [3.8, 4) is 0 Å². The molecule has 0 unspecified atom stereocenters. The lowest BCUT2D eigenvalue weighted by atomic mass is 10.00. The average Bonchev–Trinajstić information content (AvgIpc) is 2.75. The molecule has 6 nitrogen and oxygen atoms in total. The Hall–Kier alpha value is -2.55. The highest BCUT2D eigenvalue weighted by molar-refractivity contribution is 6.74. The van der Waals surface area contributed by atoms with Gasteiger partial charge in [0.2, 0.25) is 5.91 Å². The Kier molecular flexibility index (Phi) is 9.55. The molecule has 2 aromatic carbocycles. The monoisotopic (exact) mass is 488 g/mol. The second kappa shape index (κ2) is 11.7. The average molecular weight is 489 g/mol. The standard InChI is InChI=1S/C26H37FN2O4Si/c1-18-21(15-23(16-24(18)27)28-19(2)30)13-14-22(17-32-34(6,7)26(3,4)5)29-33-25(31)20-11-9-8-10-12-20/h8-12,15-16,22,29H,13-14,17H2,1-7H3,(H,28,30)/t22-/m0/s1. The summed E-state index contributed by atoms with van der Waals surface area (Å²) in [5, 5.41) is 2.67. The lowest BCUT2D eigenvalue weighted by molar-refractivity contribution is -0.114. The summed E-state index contributed by atoms with van der Waals surface area (Å²) in [4.78, 5) is 29.2. The molecule has 0 saturated heterocycles. The molecule has 0 fully saturated rings. The van der Waals surface area contributed by atoms with E-state index in [4.69, 9.17) is 9.26 Å². The second-order valence-electron chi connectivity index (χ2n) is 10.1. The van der Waals surface area contributed by atoms with Gasteiger partial charge in [0.05, 0.1) is 18.2 Å². The van der Waals surface area contributed by atoms with Crippen LogP contribution < -0.4 is 10.8 Å². The molecule has 8 heteroatoms. The molecule has 0 heterocycles. The predicted octanol–water partition coefficient (Wildman–Crippen LogP) is 5.78. The minimum absolute atomic E-state index is 0.0324. The largest absolute Gasteiger partial charge is 0.415 e. The van der Waals surface area contributed by atoms with Gasteiger partial charge in [0, 0.05) is 12.6 Å². The Labute approximate surface area is 203 Å². The molecule has 0 aliphatic carbocycles. The quantitative estimate of drug-likeness (QED) is 0.328. The third kappa shape index (κ3) is 8.04. The van der Waals surface area contributed by atoms with E-state index in [1.54, 1.807) is 37.3 Å². The second-order valence-corrected chi connectivity index (χ2v) is 14.9. The Bertz CT molecular complexity index is 990. The van der Waals surface area contributed by atoms with Gasteiger partial charge in [-0.05, 0) is 73.3 Å². The van der Waals surface area contributed by atoms with Gasteiger partial charge in [0.25, 0.3) is 0 Å². The molecule has 1 amide bonds. The molecule has 0 saturated carbocycles. The fourth-order valence-corrected chi connectivity index (χ4v) is 4.12. The Morgan fingerprint density at radius 1 is 1.12 bits per heavy atom. The molecule has 0 bridgehead atoms. The minimum Gasteiger partial charge on any atom is -0.415 e. The van der Waals surface area contributed by atoms with Gasteiger partial charge in [0.15, 0.2) is 8.32 Å². The molecule has 2 aromatic rings. The Morgan fingerprint density at radius 2 is 1.76 bits per heavy atom. The van der Waals surface area contributed by atoms with Crippen molar-refractivity contribution in [3.05, 3.63) is 65.0 Å². The lowest BCUT2D eigenvalue weighted by Crippen LogP contribution is -2.45. The fraction of sp³-hybridized carbons (Fsp3) is 0.462. The molecule has 2 N–H and O–H groups in total. The van der Waals surface area contributed by atoms with Gasteiger partial charge < -0.3 is 14.6 Å². The summed E-state index contributed by atoms with van der Waals surface area (Å²) in [6.45, 7) is 14.3. The van der Waals surface area contributed by atoms with E-state index in [0.29, 0.717) is 36.3 Å². The van der Waals surface area contributed by atoms with Crippen LogP contribution in [0, 0.1) is 12.7 Å². The number of nitrogens with one attached hydrogen (secondary N) is 2. The van der Waals surface area contributed by atoms with Crippen LogP contribution in [-0.4, -0.2) is 32.8 Å². The first-order valence-electron chi connectivity index (χ1n) is 11.5. The van der Waals surface area contributed by atoms with Crippen molar-refractivity contribution in [2.45, 2.75) is 71.6 Å². The first kappa shape index (κ1) is 27.7. The maximum absolute atomic E-state index is 14.4. The summed E-state index contributed by atoms with van der Waals surface area (Å²) >= 11 is 0. The number of hydroxylamine groups is 1. The summed E-state index contributed by atoms with van der Waals surface area (Å²) in [5.41, 5.74) is 5.04. The van der Waals surface area contributed by atoms with Gasteiger partial charge in [-0.1, -0.05) is 39.0 Å². The lowest BCUT2D eigenvalue weighted by Gasteiger charge is -2.37. The van der Waals surface area contributed by atoms with E-state index in [0.717, 1.165) is 5.56 Å². The third-order valence-electron chi connectivity index (χ3n) is 6.31. The fourth-order valence-electron chi connectivity index (χ4n) is 3.07. The smallest absolute Gasteiger partial charge is 0.356 e. The highest BCUT2D eigenvalue weighted by Crippen LogP contribution is 2.36. The zero-order valence-corrected chi connectivity index (χ0v) is 22.3. The number of hydrogen-bond donors (Lipinski definition) is 2. The van der Waals surface area contributed by atoms with Crippen LogP contribution in [0.3, 0.4) is 0 Å². The topological polar surface area (TPSA) is 76.7 Å². The number of halogens is 1. The first-order chi connectivity index (χ1) is 15.8. The number of carbonyl (C=O) groups is 2. The zero-order chi connectivity index (χ0) is 25.5. The number of aryl methyl sites for hydroxylation is 1.